The van der Waals surface area contributed by atoms with Crippen LogP contribution in [0, 0.1) is 6.92 Å². The van der Waals surface area contributed by atoms with Crippen LogP contribution in [0.1, 0.15) is 41.4 Å². The zero-order chi connectivity index (χ0) is 22.1. The lowest BCUT2D eigenvalue weighted by molar-refractivity contribution is -0.122. The summed E-state index contributed by atoms with van der Waals surface area (Å²) in [6.45, 7) is 2.46. The van der Waals surface area contributed by atoms with Gasteiger partial charge in [-0.25, -0.2) is 4.68 Å². The number of carbonyl (C=O) groups is 1. The highest BCUT2D eigenvalue weighted by Crippen LogP contribution is 2.30. The van der Waals surface area contributed by atoms with Gasteiger partial charge in [0, 0.05) is 16.6 Å². The smallest absolute Gasteiger partial charge is 0.275 e. The Labute approximate surface area is 185 Å². The van der Waals surface area contributed by atoms with Gasteiger partial charge in [-0.2, -0.15) is 10.2 Å². The van der Waals surface area contributed by atoms with E-state index < -0.39 is 0 Å². The highest BCUT2D eigenvalue weighted by molar-refractivity contribution is 5.83. The van der Waals surface area contributed by atoms with E-state index in [2.05, 4.69) is 27.6 Å². The highest BCUT2D eigenvalue weighted by atomic mass is 16.2. The molecule has 0 fully saturated rings. The Balaban J connectivity index is 1.34. The van der Waals surface area contributed by atoms with Crippen molar-refractivity contribution in [3.63, 3.8) is 0 Å². The lowest BCUT2D eigenvalue weighted by Gasteiger charge is -2.24. The number of aryl methyl sites for hydroxylation is 1. The van der Waals surface area contributed by atoms with Crippen molar-refractivity contribution in [3.05, 3.63) is 93.7 Å². The van der Waals surface area contributed by atoms with Crippen molar-refractivity contribution in [3.8, 4) is 0 Å². The minimum Gasteiger partial charge on any atom is -0.348 e. The molecule has 0 saturated heterocycles. The largest absolute Gasteiger partial charge is 0.348 e. The molecular formula is C25H25N5O2. The molecule has 0 saturated carbocycles. The maximum absolute atomic E-state index is 12.8. The zero-order valence-corrected chi connectivity index (χ0v) is 18.0. The number of nitrogens with zero attached hydrogens (tertiary/aromatic N) is 4. The minimum atomic E-state index is -0.249. The molecule has 1 amide bonds. The van der Waals surface area contributed by atoms with Gasteiger partial charge in [0.25, 0.3) is 5.56 Å². The van der Waals surface area contributed by atoms with E-state index in [1.165, 1.54) is 15.9 Å². The van der Waals surface area contributed by atoms with Gasteiger partial charge in [0.1, 0.15) is 6.54 Å². The normalized spacial score (nSPS) is 15.5. The van der Waals surface area contributed by atoms with Crippen molar-refractivity contribution < 1.29 is 4.79 Å². The van der Waals surface area contributed by atoms with E-state index in [9.17, 15) is 9.59 Å². The van der Waals surface area contributed by atoms with Gasteiger partial charge < -0.3 is 5.32 Å². The second-order valence-electron chi connectivity index (χ2n) is 8.30. The molecule has 162 valence electrons. The molecule has 0 spiro atoms. The summed E-state index contributed by atoms with van der Waals surface area (Å²) in [4.78, 5) is 25.6. The van der Waals surface area contributed by atoms with E-state index in [1.807, 2.05) is 54.2 Å². The summed E-state index contributed by atoms with van der Waals surface area (Å²) in [6, 6.07) is 17.5. The molecule has 2 heterocycles. The van der Waals surface area contributed by atoms with Gasteiger partial charge in [-0.1, -0.05) is 48.5 Å². The van der Waals surface area contributed by atoms with Gasteiger partial charge in [0.2, 0.25) is 5.91 Å². The SMILES string of the molecule is Cc1nn(CC(=O)N[C@H]2CCCc3c2cnn3Cc2ccccc2)c(=O)c2ccccc12. The van der Waals surface area contributed by atoms with Crippen LogP contribution in [-0.2, 0) is 24.3 Å². The molecular weight excluding hydrogens is 402 g/mol. The minimum absolute atomic E-state index is 0.103. The number of hydrogen-bond donors (Lipinski definition) is 1. The van der Waals surface area contributed by atoms with Crippen LogP contribution in [0.25, 0.3) is 10.8 Å². The summed E-state index contributed by atoms with van der Waals surface area (Å²) in [7, 11) is 0. The Bertz CT molecular complexity index is 1340. The summed E-state index contributed by atoms with van der Waals surface area (Å²) in [5.41, 5.74) is 3.91. The molecule has 32 heavy (non-hydrogen) atoms. The van der Waals surface area contributed by atoms with Crippen molar-refractivity contribution in [2.75, 3.05) is 0 Å². The third-order valence-corrected chi connectivity index (χ3v) is 6.12. The maximum Gasteiger partial charge on any atom is 0.275 e. The fourth-order valence-corrected chi connectivity index (χ4v) is 4.55. The second-order valence-corrected chi connectivity index (χ2v) is 8.30. The lowest BCUT2D eigenvalue weighted by atomic mass is 9.93. The first-order chi connectivity index (χ1) is 15.6. The molecule has 2 aromatic carbocycles. The molecule has 4 aromatic rings. The number of nitrogens with one attached hydrogen (secondary N) is 1. The number of carbonyl (C=O) groups excluding carboxylic acids is 1. The molecule has 1 atom stereocenters. The third-order valence-electron chi connectivity index (χ3n) is 6.12. The monoisotopic (exact) mass is 427 g/mol. The molecule has 1 aliphatic rings. The molecule has 2 aromatic heterocycles. The lowest BCUT2D eigenvalue weighted by Crippen LogP contribution is -2.37. The number of amides is 1. The Kier molecular flexibility index (Phi) is 5.31. The number of benzene rings is 2. The van der Waals surface area contributed by atoms with E-state index in [1.54, 1.807) is 6.07 Å². The number of rotatable bonds is 5. The Morgan fingerprint density at radius 1 is 1.06 bits per heavy atom. The third kappa shape index (κ3) is 3.82. The highest BCUT2D eigenvalue weighted by Gasteiger charge is 2.26. The van der Waals surface area contributed by atoms with Crippen LogP contribution < -0.4 is 10.9 Å². The van der Waals surface area contributed by atoms with Gasteiger partial charge in [0.05, 0.1) is 29.9 Å². The van der Waals surface area contributed by atoms with Crippen LogP contribution in [0.15, 0.2) is 65.6 Å². The van der Waals surface area contributed by atoms with Crippen molar-refractivity contribution in [1.82, 2.24) is 24.9 Å². The average molecular weight is 428 g/mol. The van der Waals surface area contributed by atoms with Crippen molar-refractivity contribution in [2.45, 2.75) is 45.3 Å². The molecule has 0 bridgehead atoms. The fourth-order valence-electron chi connectivity index (χ4n) is 4.55. The van der Waals surface area contributed by atoms with Crippen molar-refractivity contribution >= 4 is 16.7 Å². The topological polar surface area (TPSA) is 81.8 Å². The van der Waals surface area contributed by atoms with E-state index in [0.29, 0.717) is 11.9 Å². The van der Waals surface area contributed by atoms with Crippen LogP contribution in [0.2, 0.25) is 0 Å². The maximum atomic E-state index is 12.8. The Morgan fingerprint density at radius 2 is 1.81 bits per heavy atom. The number of fused-ring (bicyclic) bond motifs is 2. The standard InChI is InChI=1S/C25H25N5O2/c1-17-19-10-5-6-11-20(19)25(32)30(28-17)16-24(31)27-22-12-7-13-23-21(22)14-26-29(23)15-18-8-3-2-4-9-18/h2-6,8-11,14,22H,7,12-13,15-16H2,1H3,(H,27,31)/t22-/m0/s1. The first kappa shape index (κ1) is 20.2. The van der Waals surface area contributed by atoms with Gasteiger partial charge in [-0.3, -0.25) is 14.3 Å². The Morgan fingerprint density at radius 3 is 2.62 bits per heavy atom. The van der Waals surface area contributed by atoms with E-state index in [4.69, 9.17) is 0 Å². The molecule has 5 rings (SSSR count). The quantitative estimate of drug-likeness (QED) is 0.531. The fraction of sp³-hybridized carbons (Fsp3) is 0.280. The molecule has 7 heteroatoms. The van der Waals surface area contributed by atoms with Gasteiger partial charge in [0.15, 0.2) is 0 Å². The average Bonchev–Trinajstić information content (AvgIpc) is 3.22. The summed E-state index contributed by atoms with van der Waals surface area (Å²) in [5.74, 6) is -0.219. The van der Waals surface area contributed by atoms with E-state index in [0.717, 1.165) is 35.9 Å². The molecule has 7 nitrogen and oxygen atoms in total. The molecule has 0 aliphatic heterocycles. The van der Waals surface area contributed by atoms with Crippen LogP contribution >= 0.6 is 0 Å². The van der Waals surface area contributed by atoms with Gasteiger partial charge in [-0.15, -0.1) is 0 Å². The van der Waals surface area contributed by atoms with Gasteiger partial charge in [-0.05, 0) is 37.8 Å². The van der Waals surface area contributed by atoms with E-state index >= 15 is 0 Å². The summed E-state index contributed by atoms with van der Waals surface area (Å²) in [5, 5.41) is 13.4. The Hall–Kier alpha value is -3.74. The number of aromatic nitrogens is 4. The zero-order valence-electron chi connectivity index (χ0n) is 18.0. The molecule has 0 unspecified atom stereocenters. The number of hydrogen-bond acceptors (Lipinski definition) is 4. The summed E-state index contributed by atoms with van der Waals surface area (Å²) in [6.07, 6.45) is 4.65. The first-order valence-corrected chi connectivity index (χ1v) is 10.9. The molecule has 1 aliphatic carbocycles. The van der Waals surface area contributed by atoms with Crippen LogP contribution in [0.3, 0.4) is 0 Å². The van der Waals surface area contributed by atoms with Gasteiger partial charge >= 0.3 is 0 Å². The van der Waals surface area contributed by atoms with E-state index in [-0.39, 0.29) is 24.1 Å². The summed E-state index contributed by atoms with van der Waals surface area (Å²) >= 11 is 0. The second kappa shape index (κ2) is 8.42. The molecule has 0 radical (unpaired) electrons. The van der Waals surface area contributed by atoms with Crippen molar-refractivity contribution in [1.29, 1.82) is 0 Å². The van der Waals surface area contributed by atoms with Crippen LogP contribution in [-0.4, -0.2) is 25.5 Å². The van der Waals surface area contributed by atoms with Crippen molar-refractivity contribution in [2.24, 2.45) is 0 Å². The first-order valence-electron chi connectivity index (χ1n) is 10.9. The summed E-state index contributed by atoms with van der Waals surface area (Å²) < 4.78 is 3.29. The van der Waals surface area contributed by atoms with Crippen LogP contribution in [0.5, 0.6) is 0 Å². The van der Waals surface area contributed by atoms with Crippen LogP contribution in [0.4, 0.5) is 0 Å². The molecule has 1 N–H and O–H groups in total. The predicted molar refractivity (Wildman–Crippen MR) is 122 cm³/mol. The predicted octanol–water partition coefficient (Wildman–Crippen LogP) is 3.14.